The standard InChI is InChI=1S/C11H11ClN2O2/c1-7(15)5-10-13-11(12)9-4-3-8(16-2)6-14(9)10/h3-4,6H,5H2,1-2H3. The zero-order chi connectivity index (χ0) is 11.7. The van der Waals surface area contributed by atoms with E-state index in [9.17, 15) is 4.79 Å². The molecule has 0 atom stereocenters. The second kappa shape index (κ2) is 4.14. The number of rotatable bonds is 3. The predicted octanol–water partition coefficient (Wildman–Crippen LogP) is 2.13. The first-order valence-electron chi connectivity index (χ1n) is 4.81. The van der Waals surface area contributed by atoms with Gasteiger partial charge in [0.25, 0.3) is 0 Å². The topological polar surface area (TPSA) is 43.6 Å². The Balaban J connectivity index is 2.60. The van der Waals surface area contributed by atoms with Crippen LogP contribution < -0.4 is 4.74 Å². The minimum absolute atomic E-state index is 0.0476. The summed E-state index contributed by atoms with van der Waals surface area (Å²) >= 11 is 5.97. The first-order chi connectivity index (χ1) is 7.61. The summed E-state index contributed by atoms with van der Waals surface area (Å²) in [5, 5.41) is 0.402. The van der Waals surface area contributed by atoms with E-state index < -0.39 is 0 Å². The Kier molecular flexibility index (Phi) is 2.83. The van der Waals surface area contributed by atoms with Crippen molar-refractivity contribution in [1.29, 1.82) is 0 Å². The van der Waals surface area contributed by atoms with Crippen LogP contribution in [-0.4, -0.2) is 22.3 Å². The minimum atomic E-state index is 0.0476. The summed E-state index contributed by atoms with van der Waals surface area (Å²) in [5.41, 5.74) is 0.777. The molecule has 2 aromatic heterocycles. The van der Waals surface area contributed by atoms with Crippen LogP contribution in [0.5, 0.6) is 5.75 Å². The average molecular weight is 239 g/mol. The molecule has 0 spiro atoms. The van der Waals surface area contributed by atoms with Crippen LogP contribution in [-0.2, 0) is 11.2 Å². The van der Waals surface area contributed by atoms with Crippen molar-refractivity contribution < 1.29 is 9.53 Å². The Morgan fingerprint density at radius 3 is 2.94 bits per heavy atom. The molecule has 0 bridgehead atoms. The van der Waals surface area contributed by atoms with Gasteiger partial charge in [0.05, 0.1) is 25.2 Å². The number of halogens is 1. The van der Waals surface area contributed by atoms with Gasteiger partial charge in [0, 0.05) is 0 Å². The summed E-state index contributed by atoms with van der Waals surface area (Å²) in [6.07, 6.45) is 2.04. The summed E-state index contributed by atoms with van der Waals surface area (Å²) < 4.78 is 6.90. The van der Waals surface area contributed by atoms with Gasteiger partial charge in [0.2, 0.25) is 0 Å². The molecule has 5 heteroatoms. The third-order valence-corrected chi connectivity index (χ3v) is 2.56. The summed E-state index contributed by atoms with van der Waals surface area (Å²) in [7, 11) is 1.59. The number of methoxy groups -OCH3 is 1. The van der Waals surface area contributed by atoms with E-state index in [1.165, 1.54) is 6.92 Å². The number of ether oxygens (including phenoxy) is 1. The number of nitrogens with zero attached hydrogens (tertiary/aromatic N) is 2. The highest BCUT2D eigenvalue weighted by molar-refractivity contribution is 6.32. The molecule has 16 heavy (non-hydrogen) atoms. The highest BCUT2D eigenvalue weighted by Gasteiger charge is 2.11. The number of hydrogen-bond donors (Lipinski definition) is 0. The van der Waals surface area contributed by atoms with Gasteiger partial charge in [0.1, 0.15) is 17.4 Å². The number of carbonyl (C=O) groups is 1. The summed E-state index contributed by atoms with van der Waals surface area (Å²) in [6, 6.07) is 3.62. The Bertz CT molecular complexity index is 548. The van der Waals surface area contributed by atoms with Crippen LogP contribution in [0, 0.1) is 0 Å². The van der Waals surface area contributed by atoms with Crippen molar-refractivity contribution in [2.75, 3.05) is 7.11 Å². The molecule has 0 aliphatic rings. The van der Waals surface area contributed by atoms with Crippen molar-refractivity contribution in [3.05, 3.63) is 29.3 Å². The van der Waals surface area contributed by atoms with Gasteiger partial charge in [-0.05, 0) is 19.1 Å². The van der Waals surface area contributed by atoms with E-state index in [0.717, 1.165) is 5.52 Å². The Hall–Kier alpha value is -1.55. The number of carbonyl (C=O) groups excluding carboxylic acids is 1. The molecule has 0 saturated carbocycles. The first-order valence-corrected chi connectivity index (χ1v) is 5.19. The Morgan fingerprint density at radius 2 is 2.31 bits per heavy atom. The van der Waals surface area contributed by atoms with Gasteiger partial charge < -0.3 is 4.74 Å². The third-order valence-electron chi connectivity index (χ3n) is 2.28. The molecule has 0 radical (unpaired) electrons. The summed E-state index contributed by atoms with van der Waals surface area (Å²) in [4.78, 5) is 15.3. The lowest BCUT2D eigenvalue weighted by molar-refractivity contribution is -0.116. The van der Waals surface area contributed by atoms with Crippen molar-refractivity contribution in [3.63, 3.8) is 0 Å². The molecule has 0 fully saturated rings. The van der Waals surface area contributed by atoms with Gasteiger partial charge in [-0.25, -0.2) is 4.98 Å². The van der Waals surface area contributed by atoms with E-state index in [-0.39, 0.29) is 12.2 Å². The van der Waals surface area contributed by atoms with Crippen molar-refractivity contribution in [1.82, 2.24) is 9.38 Å². The first kappa shape index (κ1) is 11.0. The number of fused-ring (bicyclic) bond motifs is 1. The molecule has 0 unspecified atom stereocenters. The molecular formula is C11H11ClN2O2. The van der Waals surface area contributed by atoms with Crippen LogP contribution in [0.3, 0.4) is 0 Å². The number of hydrogen-bond acceptors (Lipinski definition) is 3. The lowest BCUT2D eigenvalue weighted by Gasteiger charge is -2.02. The summed E-state index contributed by atoms with van der Waals surface area (Å²) in [5.74, 6) is 1.38. The highest BCUT2D eigenvalue weighted by atomic mass is 35.5. The molecule has 0 aliphatic heterocycles. The van der Waals surface area contributed by atoms with E-state index in [2.05, 4.69) is 4.98 Å². The van der Waals surface area contributed by atoms with E-state index in [1.807, 2.05) is 6.07 Å². The monoisotopic (exact) mass is 238 g/mol. The van der Waals surface area contributed by atoms with Crippen molar-refractivity contribution >= 4 is 22.9 Å². The number of aromatic nitrogens is 2. The van der Waals surface area contributed by atoms with Crippen LogP contribution in [0.15, 0.2) is 18.3 Å². The average Bonchev–Trinajstić information content (AvgIpc) is 2.54. The quantitative estimate of drug-likeness (QED) is 0.823. The largest absolute Gasteiger partial charge is 0.495 e. The number of imidazole rings is 1. The molecule has 0 saturated heterocycles. The maximum absolute atomic E-state index is 11.1. The fourth-order valence-electron chi connectivity index (χ4n) is 1.56. The van der Waals surface area contributed by atoms with Gasteiger partial charge in [-0.2, -0.15) is 0 Å². The van der Waals surface area contributed by atoms with Crippen molar-refractivity contribution in [3.8, 4) is 5.75 Å². The second-order valence-electron chi connectivity index (χ2n) is 3.52. The number of ketones is 1. The van der Waals surface area contributed by atoms with Crippen LogP contribution in [0.1, 0.15) is 12.7 Å². The molecule has 4 nitrogen and oxygen atoms in total. The summed E-state index contributed by atoms with van der Waals surface area (Å²) in [6.45, 7) is 1.52. The van der Waals surface area contributed by atoms with Gasteiger partial charge in [-0.1, -0.05) is 11.6 Å². The highest BCUT2D eigenvalue weighted by Crippen LogP contribution is 2.22. The molecule has 0 amide bonds. The molecule has 2 rings (SSSR count). The second-order valence-corrected chi connectivity index (χ2v) is 3.88. The SMILES string of the molecule is COc1ccc2c(Cl)nc(CC(C)=O)n2c1. The molecule has 0 N–H and O–H groups in total. The molecule has 2 heterocycles. The Morgan fingerprint density at radius 1 is 1.56 bits per heavy atom. The van der Waals surface area contributed by atoms with E-state index >= 15 is 0 Å². The van der Waals surface area contributed by atoms with Crippen molar-refractivity contribution in [2.45, 2.75) is 13.3 Å². The van der Waals surface area contributed by atoms with Gasteiger partial charge >= 0.3 is 0 Å². The van der Waals surface area contributed by atoms with Gasteiger partial charge in [0.15, 0.2) is 5.15 Å². The number of Topliss-reactive ketones (excluding diaryl/α,β-unsaturated/α-hetero) is 1. The van der Waals surface area contributed by atoms with E-state index in [1.54, 1.807) is 23.8 Å². The van der Waals surface area contributed by atoms with Crippen LogP contribution in [0.2, 0.25) is 5.15 Å². The molecule has 84 valence electrons. The van der Waals surface area contributed by atoms with Crippen LogP contribution in [0.4, 0.5) is 0 Å². The molecule has 2 aromatic rings. The minimum Gasteiger partial charge on any atom is -0.495 e. The Labute approximate surface area is 97.8 Å². The smallest absolute Gasteiger partial charge is 0.155 e. The van der Waals surface area contributed by atoms with E-state index in [4.69, 9.17) is 16.3 Å². The van der Waals surface area contributed by atoms with Crippen LogP contribution >= 0.6 is 11.6 Å². The fraction of sp³-hybridized carbons (Fsp3) is 0.273. The lowest BCUT2D eigenvalue weighted by atomic mass is 10.3. The molecule has 0 aromatic carbocycles. The van der Waals surface area contributed by atoms with Gasteiger partial charge in [-0.15, -0.1) is 0 Å². The van der Waals surface area contributed by atoms with Crippen molar-refractivity contribution in [2.24, 2.45) is 0 Å². The fourth-order valence-corrected chi connectivity index (χ4v) is 1.81. The normalized spacial score (nSPS) is 10.7. The molecular weight excluding hydrogens is 228 g/mol. The third kappa shape index (κ3) is 1.88. The van der Waals surface area contributed by atoms with Gasteiger partial charge in [-0.3, -0.25) is 9.20 Å². The van der Waals surface area contributed by atoms with Crippen LogP contribution in [0.25, 0.3) is 5.52 Å². The zero-order valence-electron chi connectivity index (χ0n) is 9.03. The lowest BCUT2D eigenvalue weighted by Crippen LogP contribution is -2.02. The van der Waals surface area contributed by atoms with E-state index in [0.29, 0.717) is 16.7 Å². The predicted molar refractivity (Wildman–Crippen MR) is 61.1 cm³/mol. The molecule has 0 aliphatic carbocycles. The maximum Gasteiger partial charge on any atom is 0.155 e. The zero-order valence-corrected chi connectivity index (χ0v) is 9.78. The maximum atomic E-state index is 11.1. The number of pyridine rings is 1.